The molecule has 0 saturated heterocycles. The number of carbonyl (C=O) groups excluding carboxylic acids is 1. The van der Waals surface area contributed by atoms with Gasteiger partial charge in [-0.2, -0.15) is 0 Å². The summed E-state index contributed by atoms with van der Waals surface area (Å²) >= 11 is 1.46. The first kappa shape index (κ1) is 9.48. The van der Waals surface area contributed by atoms with Crippen molar-refractivity contribution in [2.24, 2.45) is 0 Å². The fourth-order valence-corrected chi connectivity index (χ4v) is 2.65. The summed E-state index contributed by atoms with van der Waals surface area (Å²) in [5, 5.41) is 2.94. The number of thiazole rings is 1. The molecule has 0 radical (unpaired) electrons. The molecule has 2 nitrogen and oxygen atoms in total. The van der Waals surface area contributed by atoms with Crippen molar-refractivity contribution in [3.8, 4) is 0 Å². The van der Waals surface area contributed by atoms with E-state index in [9.17, 15) is 4.79 Å². The molecule has 0 bridgehead atoms. The standard InChI is InChI=1S/C13H9NOS/c1-8(15)13-14-11-6-9-4-2-3-5-10(9)7-12(11)16-13/h2-7H,1H3. The van der Waals surface area contributed by atoms with Gasteiger partial charge in [0.05, 0.1) is 10.2 Å². The molecule has 0 aliphatic heterocycles. The first-order valence-corrected chi connectivity index (χ1v) is 5.86. The Bertz CT molecular complexity index is 647. The van der Waals surface area contributed by atoms with Crippen LogP contribution in [0.15, 0.2) is 36.4 Å². The molecule has 16 heavy (non-hydrogen) atoms. The van der Waals surface area contributed by atoms with E-state index in [1.54, 1.807) is 6.92 Å². The van der Waals surface area contributed by atoms with Gasteiger partial charge in [-0.25, -0.2) is 4.98 Å². The molecule has 0 unspecified atom stereocenters. The summed E-state index contributed by atoms with van der Waals surface area (Å²) in [6.45, 7) is 1.55. The molecular formula is C13H9NOS. The van der Waals surface area contributed by atoms with Crippen molar-refractivity contribution in [3.63, 3.8) is 0 Å². The quantitative estimate of drug-likeness (QED) is 0.594. The summed E-state index contributed by atoms with van der Waals surface area (Å²) in [6, 6.07) is 12.3. The predicted octanol–water partition coefficient (Wildman–Crippen LogP) is 3.65. The van der Waals surface area contributed by atoms with Crippen LogP contribution >= 0.6 is 11.3 Å². The fraction of sp³-hybridized carbons (Fsp3) is 0.0769. The Morgan fingerprint density at radius 1 is 1.19 bits per heavy atom. The smallest absolute Gasteiger partial charge is 0.188 e. The second-order valence-electron chi connectivity index (χ2n) is 3.74. The van der Waals surface area contributed by atoms with Crippen LogP contribution in [-0.2, 0) is 0 Å². The van der Waals surface area contributed by atoms with Crippen LogP contribution in [0.1, 0.15) is 16.7 Å². The van der Waals surface area contributed by atoms with Gasteiger partial charge in [0.15, 0.2) is 10.8 Å². The Balaban J connectivity index is 2.38. The van der Waals surface area contributed by atoms with Gasteiger partial charge in [-0.1, -0.05) is 24.3 Å². The van der Waals surface area contributed by atoms with Crippen LogP contribution in [-0.4, -0.2) is 10.8 Å². The highest BCUT2D eigenvalue weighted by atomic mass is 32.1. The molecule has 3 aromatic rings. The molecule has 3 heteroatoms. The summed E-state index contributed by atoms with van der Waals surface area (Å²) in [5.41, 5.74) is 0.911. The summed E-state index contributed by atoms with van der Waals surface area (Å²) < 4.78 is 1.07. The van der Waals surface area contributed by atoms with E-state index in [0.717, 1.165) is 15.6 Å². The van der Waals surface area contributed by atoms with Crippen LogP contribution in [0.3, 0.4) is 0 Å². The lowest BCUT2D eigenvalue weighted by Gasteiger charge is -1.95. The van der Waals surface area contributed by atoms with Gasteiger partial charge in [0.2, 0.25) is 0 Å². The number of hydrogen-bond donors (Lipinski definition) is 0. The van der Waals surface area contributed by atoms with E-state index in [4.69, 9.17) is 0 Å². The number of aromatic nitrogens is 1. The Hall–Kier alpha value is -1.74. The average molecular weight is 227 g/mol. The summed E-state index contributed by atoms with van der Waals surface area (Å²) in [6.07, 6.45) is 0. The van der Waals surface area contributed by atoms with E-state index in [-0.39, 0.29) is 5.78 Å². The molecule has 3 rings (SSSR count). The molecule has 0 N–H and O–H groups in total. The lowest BCUT2D eigenvalue weighted by molar-refractivity contribution is 0.101. The first-order chi connectivity index (χ1) is 7.74. The van der Waals surface area contributed by atoms with Gasteiger partial charge in [-0.05, 0) is 22.9 Å². The number of fused-ring (bicyclic) bond motifs is 2. The first-order valence-electron chi connectivity index (χ1n) is 5.04. The number of carbonyl (C=O) groups is 1. The number of nitrogens with zero attached hydrogens (tertiary/aromatic N) is 1. The Labute approximate surface area is 96.5 Å². The Morgan fingerprint density at radius 3 is 2.56 bits per heavy atom. The maximum atomic E-state index is 11.3. The van der Waals surface area contributed by atoms with Crippen molar-refractivity contribution in [1.82, 2.24) is 4.98 Å². The van der Waals surface area contributed by atoms with Gasteiger partial charge >= 0.3 is 0 Å². The van der Waals surface area contributed by atoms with Crippen LogP contribution in [0.5, 0.6) is 0 Å². The second kappa shape index (κ2) is 3.39. The molecular weight excluding hydrogens is 218 g/mol. The molecule has 0 spiro atoms. The number of rotatable bonds is 1. The van der Waals surface area contributed by atoms with Crippen LogP contribution in [0.2, 0.25) is 0 Å². The Kier molecular flexibility index (Phi) is 2.01. The average Bonchev–Trinajstić information content (AvgIpc) is 2.68. The van der Waals surface area contributed by atoms with Gasteiger partial charge in [-0.3, -0.25) is 4.79 Å². The van der Waals surface area contributed by atoms with Gasteiger partial charge in [-0.15, -0.1) is 11.3 Å². The monoisotopic (exact) mass is 227 g/mol. The maximum Gasteiger partial charge on any atom is 0.188 e. The van der Waals surface area contributed by atoms with Gasteiger partial charge < -0.3 is 0 Å². The minimum atomic E-state index is 0.0326. The number of benzene rings is 2. The maximum absolute atomic E-state index is 11.3. The largest absolute Gasteiger partial charge is 0.292 e. The number of hydrogen-bond acceptors (Lipinski definition) is 3. The molecule has 1 heterocycles. The van der Waals surface area contributed by atoms with E-state index in [1.165, 1.54) is 16.7 Å². The molecule has 0 aliphatic carbocycles. The topological polar surface area (TPSA) is 30.0 Å². The summed E-state index contributed by atoms with van der Waals surface area (Å²) in [4.78, 5) is 15.6. The lowest BCUT2D eigenvalue weighted by atomic mass is 10.1. The minimum absolute atomic E-state index is 0.0326. The second-order valence-corrected chi connectivity index (χ2v) is 4.77. The SMILES string of the molecule is CC(=O)c1nc2cc3ccccc3cc2s1. The van der Waals surface area contributed by atoms with Crippen LogP contribution < -0.4 is 0 Å². The molecule has 0 aliphatic rings. The van der Waals surface area contributed by atoms with Crippen LogP contribution in [0.4, 0.5) is 0 Å². The zero-order chi connectivity index (χ0) is 11.1. The molecule has 0 fully saturated rings. The van der Waals surface area contributed by atoms with Crippen molar-refractivity contribution in [1.29, 1.82) is 0 Å². The van der Waals surface area contributed by atoms with Crippen molar-refractivity contribution < 1.29 is 4.79 Å². The number of ketones is 1. The zero-order valence-corrected chi connectivity index (χ0v) is 9.54. The molecule has 78 valence electrons. The normalized spacial score (nSPS) is 11.1. The highest BCUT2D eigenvalue weighted by molar-refractivity contribution is 7.20. The minimum Gasteiger partial charge on any atom is -0.292 e. The third-order valence-corrected chi connectivity index (χ3v) is 3.68. The molecule has 1 aromatic heterocycles. The molecule has 0 amide bonds. The predicted molar refractivity (Wildman–Crippen MR) is 67.1 cm³/mol. The van der Waals surface area contributed by atoms with Crippen molar-refractivity contribution in [2.45, 2.75) is 6.92 Å². The van der Waals surface area contributed by atoms with E-state index in [1.807, 2.05) is 18.2 Å². The van der Waals surface area contributed by atoms with E-state index in [0.29, 0.717) is 5.01 Å². The zero-order valence-electron chi connectivity index (χ0n) is 8.73. The third kappa shape index (κ3) is 1.41. The lowest BCUT2D eigenvalue weighted by Crippen LogP contribution is -1.88. The highest BCUT2D eigenvalue weighted by Gasteiger charge is 2.08. The third-order valence-electron chi connectivity index (χ3n) is 2.56. The van der Waals surface area contributed by atoms with Gasteiger partial charge in [0.25, 0.3) is 0 Å². The van der Waals surface area contributed by atoms with Crippen molar-refractivity contribution >= 4 is 38.1 Å². The molecule has 0 atom stereocenters. The van der Waals surface area contributed by atoms with E-state index >= 15 is 0 Å². The van der Waals surface area contributed by atoms with E-state index in [2.05, 4.69) is 23.2 Å². The highest BCUT2D eigenvalue weighted by Crippen LogP contribution is 2.27. The van der Waals surface area contributed by atoms with Crippen molar-refractivity contribution in [2.75, 3.05) is 0 Å². The van der Waals surface area contributed by atoms with Crippen LogP contribution in [0.25, 0.3) is 21.0 Å². The number of Topliss-reactive ketones (excluding diaryl/α,β-unsaturated/α-hetero) is 1. The van der Waals surface area contributed by atoms with Crippen molar-refractivity contribution in [3.05, 3.63) is 41.4 Å². The molecule has 2 aromatic carbocycles. The molecule has 0 saturated carbocycles. The fourth-order valence-electron chi connectivity index (χ4n) is 1.76. The van der Waals surface area contributed by atoms with Crippen LogP contribution in [0, 0.1) is 0 Å². The Morgan fingerprint density at radius 2 is 1.88 bits per heavy atom. The van der Waals surface area contributed by atoms with Gasteiger partial charge in [0.1, 0.15) is 0 Å². The van der Waals surface area contributed by atoms with Gasteiger partial charge in [0, 0.05) is 6.92 Å². The summed E-state index contributed by atoms with van der Waals surface area (Å²) in [5.74, 6) is 0.0326. The summed E-state index contributed by atoms with van der Waals surface area (Å²) in [7, 11) is 0. The van der Waals surface area contributed by atoms with E-state index < -0.39 is 0 Å².